The molecule has 0 fully saturated rings. The number of pyridine rings is 7. The van der Waals surface area contributed by atoms with E-state index in [1.165, 1.54) is 16.3 Å². The number of rotatable bonds is 18. The van der Waals surface area contributed by atoms with E-state index in [1.54, 1.807) is 12.4 Å². The summed E-state index contributed by atoms with van der Waals surface area (Å²) in [5, 5.41) is 4.61. The first-order valence-electron chi connectivity index (χ1n) is 44.3. The Hall–Kier alpha value is -18.3. The van der Waals surface area contributed by atoms with E-state index in [9.17, 15) is 0 Å². The van der Waals surface area contributed by atoms with Gasteiger partial charge in [0, 0.05) is 144 Å². The Morgan fingerprint density at radius 1 is 0.112 bits per heavy atom. The Kier molecular flexibility index (Phi) is 23.9. The number of nitrogens with zero attached hydrogens (tertiary/aromatic N) is 13. The van der Waals surface area contributed by atoms with Crippen LogP contribution in [0.5, 0.6) is 0 Å². The molecule has 23 aromatic rings. The second-order valence-corrected chi connectivity index (χ2v) is 32.3. The Morgan fingerprint density at radius 2 is 0.343 bits per heavy atom. The molecule has 0 aliphatic heterocycles. The molecular weight excluding hydrogens is 1640 g/mol. The van der Waals surface area contributed by atoms with Gasteiger partial charge in [-0.05, 0) is 171 Å². The molecule has 13 aromatic carbocycles. The van der Waals surface area contributed by atoms with Gasteiger partial charge in [0.1, 0.15) is 0 Å². The van der Waals surface area contributed by atoms with Crippen LogP contribution < -0.4 is 0 Å². The van der Waals surface area contributed by atoms with Crippen molar-refractivity contribution in [1.29, 1.82) is 0 Å². The van der Waals surface area contributed by atoms with Gasteiger partial charge in [-0.2, -0.15) is 0 Å². The molecule has 0 unspecified atom stereocenters. The van der Waals surface area contributed by atoms with Crippen molar-refractivity contribution in [3.8, 4) is 203 Å². The van der Waals surface area contributed by atoms with Crippen LogP contribution in [0.25, 0.3) is 224 Å². The van der Waals surface area contributed by atoms with E-state index in [4.69, 9.17) is 39.9 Å². The maximum absolute atomic E-state index is 5.14. The van der Waals surface area contributed by atoms with Crippen LogP contribution in [0.4, 0.5) is 0 Å². The summed E-state index contributed by atoms with van der Waals surface area (Å²) in [6, 6.07) is 150. The third-order valence-corrected chi connectivity index (χ3v) is 23.6. The van der Waals surface area contributed by atoms with E-state index >= 15 is 0 Å². The predicted molar refractivity (Wildman–Crippen MR) is 544 cm³/mol. The predicted octanol–water partition coefficient (Wildman–Crippen LogP) is 29.5. The monoisotopic (exact) mass is 1720 g/mol. The highest BCUT2D eigenvalue weighted by Gasteiger charge is 2.19. The SMILES string of the molecule is c1ccc(-c2ccc(-c3cc(-c4ccc(-c5ccncc5)cc4)nc(-c4ccc(-c5ccncc5)cc4)n3)cc2)nc1.c1ccc(-c2cccc(-c3cc(-c4ccc(-c5cc6ccccc6cn5)cc4)nc(-c4cccc(-c5ccccc5)c4)n3)c2)cc1.c1ccc(-c2cccc(-c3cc(-c4ccc(-c5cc6ccccc6cn5)cc4)nc(-c4cccc(-c5ccccn5)c4)n3)c2)nc1. The molecule has 0 spiro atoms. The summed E-state index contributed by atoms with van der Waals surface area (Å²) in [5.41, 5.74) is 33.1. The summed E-state index contributed by atoms with van der Waals surface area (Å²) in [6.07, 6.45) is 16.5. The molecule has 13 nitrogen and oxygen atoms in total. The fraction of sp³-hybridized carbons (Fsp3) is 0. The van der Waals surface area contributed by atoms with Gasteiger partial charge >= 0.3 is 0 Å². The summed E-state index contributed by atoms with van der Waals surface area (Å²) >= 11 is 0. The number of hydrogen-bond donors (Lipinski definition) is 0. The maximum Gasteiger partial charge on any atom is 0.160 e. The van der Waals surface area contributed by atoms with Crippen LogP contribution in [0.15, 0.2) is 493 Å². The van der Waals surface area contributed by atoms with Crippen molar-refractivity contribution >= 4 is 21.5 Å². The molecule has 10 aromatic heterocycles. The van der Waals surface area contributed by atoms with Gasteiger partial charge in [-0.3, -0.25) is 34.9 Å². The molecule has 23 rings (SSSR count). The average molecular weight is 1720 g/mol. The molecule has 10 heterocycles. The fourth-order valence-corrected chi connectivity index (χ4v) is 16.5. The molecule has 0 N–H and O–H groups in total. The normalized spacial score (nSPS) is 11.0. The van der Waals surface area contributed by atoms with Crippen LogP contribution in [0.3, 0.4) is 0 Å². The van der Waals surface area contributed by atoms with E-state index < -0.39 is 0 Å². The minimum absolute atomic E-state index is 0.647. The molecule has 0 aliphatic rings. The summed E-state index contributed by atoms with van der Waals surface area (Å²) < 4.78 is 0. The van der Waals surface area contributed by atoms with E-state index in [2.05, 4.69) is 340 Å². The van der Waals surface area contributed by atoms with Crippen molar-refractivity contribution in [1.82, 2.24) is 64.8 Å². The third-order valence-electron chi connectivity index (χ3n) is 23.6. The van der Waals surface area contributed by atoms with E-state index in [0.717, 1.165) is 190 Å². The lowest BCUT2D eigenvalue weighted by atomic mass is 9.99. The number of fused-ring (bicyclic) bond motifs is 2. The molecule has 13 heteroatoms. The molecule has 0 bridgehead atoms. The third kappa shape index (κ3) is 19.0. The Morgan fingerprint density at radius 3 is 0.701 bits per heavy atom. The van der Waals surface area contributed by atoms with Crippen LogP contribution in [0.2, 0.25) is 0 Å². The number of benzene rings is 13. The van der Waals surface area contributed by atoms with Crippen molar-refractivity contribution in [2.45, 2.75) is 0 Å². The molecule has 0 atom stereocenters. The Labute approximate surface area is 776 Å². The molecule has 0 saturated carbocycles. The molecule has 630 valence electrons. The molecule has 0 amide bonds. The van der Waals surface area contributed by atoms with Gasteiger partial charge in [0.2, 0.25) is 0 Å². The van der Waals surface area contributed by atoms with Gasteiger partial charge in [-0.25, -0.2) is 29.9 Å². The number of aromatic nitrogens is 13. The smallest absolute Gasteiger partial charge is 0.160 e. The van der Waals surface area contributed by atoms with E-state index in [1.807, 2.05) is 165 Å². The minimum atomic E-state index is 0.647. The average Bonchev–Trinajstić information content (AvgIpc) is 0.802. The zero-order valence-corrected chi connectivity index (χ0v) is 72.6. The first kappa shape index (κ1) is 82.6. The number of hydrogen-bond acceptors (Lipinski definition) is 13. The maximum atomic E-state index is 5.14. The van der Waals surface area contributed by atoms with Crippen LogP contribution in [-0.2, 0) is 0 Å². The van der Waals surface area contributed by atoms with Crippen LogP contribution in [0.1, 0.15) is 0 Å². The fourth-order valence-electron chi connectivity index (χ4n) is 16.5. The quantitative estimate of drug-likeness (QED) is 0.0797. The van der Waals surface area contributed by atoms with E-state index in [-0.39, 0.29) is 0 Å². The Balaban J connectivity index is 0.000000121. The highest BCUT2D eigenvalue weighted by Crippen LogP contribution is 2.39. The molecule has 134 heavy (non-hydrogen) atoms. The Bertz CT molecular complexity index is 7250. The second kappa shape index (κ2) is 38.7. The highest BCUT2D eigenvalue weighted by molar-refractivity contribution is 5.89. The van der Waals surface area contributed by atoms with Crippen molar-refractivity contribution < 1.29 is 0 Å². The van der Waals surface area contributed by atoms with Crippen LogP contribution in [0, 0.1) is 0 Å². The molecule has 0 radical (unpaired) electrons. The second-order valence-electron chi connectivity index (χ2n) is 32.3. The van der Waals surface area contributed by atoms with Gasteiger partial charge < -0.3 is 0 Å². The minimum Gasteiger partial charge on any atom is -0.265 e. The lowest BCUT2D eigenvalue weighted by molar-refractivity contribution is 1.18. The van der Waals surface area contributed by atoms with Gasteiger partial charge in [0.15, 0.2) is 17.5 Å². The van der Waals surface area contributed by atoms with Gasteiger partial charge in [0.05, 0.1) is 62.6 Å². The highest BCUT2D eigenvalue weighted by atomic mass is 14.9. The summed E-state index contributed by atoms with van der Waals surface area (Å²) in [5.74, 6) is 2.01. The van der Waals surface area contributed by atoms with Crippen molar-refractivity contribution in [3.05, 3.63) is 493 Å². The topological polar surface area (TPSA) is 168 Å². The lowest BCUT2D eigenvalue weighted by Crippen LogP contribution is -1.97. The van der Waals surface area contributed by atoms with Crippen molar-refractivity contribution in [2.75, 3.05) is 0 Å². The first-order valence-corrected chi connectivity index (χ1v) is 44.3. The first-order chi connectivity index (χ1) is 66.3. The summed E-state index contributed by atoms with van der Waals surface area (Å²) in [6.45, 7) is 0. The van der Waals surface area contributed by atoms with Gasteiger partial charge in [-0.15, -0.1) is 0 Å². The zero-order chi connectivity index (χ0) is 89.6. The van der Waals surface area contributed by atoms with Gasteiger partial charge in [0.25, 0.3) is 0 Å². The summed E-state index contributed by atoms with van der Waals surface area (Å²) in [4.78, 5) is 61.8. The summed E-state index contributed by atoms with van der Waals surface area (Å²) in [7, 11) is 0. The molecule has 0 saturated heterocycles. The largest absolute Gasteiger partial charge is 0.265 e. The lowest BCUT2D eigenvalue weighted by Gasteiger charge is -2.12. The molecular formula is C121H81N13. The van der Waals surface area contributed by atoms with Crippen LogP contribution >= 0.6 is 0 Å². The standard InChI is InChI=1S/C43H29N3.C41H27N5.C37H25N5/c1-3-11-30(12-4-1)34-17-9-19-37(25-34)42-28-41(45-43(46-42)38-20-10-18-35(26-38)31-13-5-2-6-14-31)33-23-21-32(22-24-33)40-27-36-15-7-8-16-39(36)29-44-40;1-2-10-35-27-44-38(25-30(35)9-1)28-17-19-29(20-18-28)39-26-40(33-13-7-11-31(23-33)36-15-3-5-21-42-36)46-41(45-39)34-14-8-12-32(24-34)37-16-4-6-22-43-37;1-2-20-40-34(3-1)30-10-12-32(13-11-30)36-25-35(31-8-4-26(5-9-31)28-16-21-38-22-17-28)41-37(42-36)33-14-6-27(7-15-33)29-18-23-39-24-19-29/h1-29H;1-27H;1-25H. The van der Waals surface area contributed by atoms with Gasteiger partial charge in [-0.1, -0.05) is 322 Å². The van der Waals surface area contributed by atoms with Crippen molar-refractivity contribution in [2.24, 2.45) is 0 Å². The zero-order valence-electron chi connectivity index (χ0n) is 72.6. The van der Waals surface area contributed by atoms with E-state index in [0.29, 0.717) is 17.5 Å². The molecule has 0 aliphatic carbocycles. The van der Waals surface area contributed by atoms with Crippen molar-refractivity contribution in [3.63, 3.8) is 0 Å². The van der Waals surface area contributed by atoms with Crippen LogP contribution in [-0.4, -0.2) is 64.8 Å².